The zero-order valence-electron chi connectivity index (χ0n) is 11.6. The van der Waals surface area contributed by atoms with E-state index in [2.05, 4.69) is 45.9 Å². The maximum atomic E-state index is 6.46. The second kappa shape index (κ2) is 4.95. The van der Waals surface area contributed by atoms with Crippen molar-refractivity contribution in [1.29, 1.82) is 0 Å². The van der Waals surface area contributed by atoms with Crippen LogP contribution in [0.2, 0.25) is 0 Å². The van der Waals surface area contributed by atoms with Gasteiger partial charge in [-0.15, -0.1) is 0 Å². The largest absolute Gasteiger partial charge is 0.320 e. The number of rotatable bonds is 2. The minimum atomic E-state index is -0.0372. The Hall–Kier alpha value is -1.60. The van der Waals surface area contributed by atoms with Gasteiger partial charge in [0.1, 0.15) is 0 Å². The second-order valence-electron chi connectivity index (χ2n) is 5.06. The second-order valence-corrected chi connectivity index (χ2v) is 5.06. The Balaban J connectivity index is 2.58. The summed E-state index contributed by atoms with van der Waals surface area (Å²) < 4.78 is 0. The van der Waals surface area contributed by atoms with Gasteiger partial charge in [-0.25, -0.2) is 0 Å². The lowest BCUT2D eigenvalue weighted by atomic mass is 9.87. The number of benzene rings is 2. The van der Waals surface area contributed by atoms with Gasteiger partial charge in [-0.05, 0) is 61.1 Å². The number of hydrogen-bond donors (Lipinski definition) is 1. The smallest absolute Gasteiger partial charge is 0.0557 e. The minimum Gasteiger partial charge on any atom is -0.320 e. The van der Waals surface area contributed by atoms with Crippen LogP contribution in [0.25, 0.3) is 0 Å². The lowest BCUT2D eigenvalue weighted by Crippen LogP contribution is -2.16. The highest BCUT2D eigenvalue weighted by Gasteiger charge is 2.16. The van der Waals surface area contributed by atoms with E-state index in [1.54, 1.807) is 0 Å². The van der Waals surface area contributed by atoms with Crippen LogP contribution in [0.3, 0.4) is 0 Å². The molecule has 2 aromatic rings. The molecule has 1 atom stereocenters. The topological polar surface area (TPSA) is 26.0 Å². The van der Waals surface area contributed by atoms with Gasteiger partial charge in [0.25, 0.3) is 0 Å². The molecule has 0 saturated carbocycles. The molecule has 0 aliphatic heterocycles. The van der Waals surface area contributed by atoms with Crippen molar-refractivity contribution >= 4 is 0 Å². The van der Waals surface area contributed by atoms with Crippen molar-refractivity contribution in [1.82, 2.24) is 0 Å². The van der Waals surface area contributed by atoms with E-state index in [-0.39, 0.29) is 6.04 Å². The minimum absolute atomic E-state index is 0.0372. The van der Waals surface area contributed by atoms with Crippen LogP contribution >= 0.6 is 0 Å². The van der Waals surface area contributed by atoms with Crippen molar-refractivity contribution < 1.29 is 0 Å². The van der Waals surface area contributed by atoms with Gasteiger partial charge >= 0.3 is 0 Å². The van der Waals surface area contributed by atoms with E-state index in [1.165, 1.54) is 33.4 Å². The highest BCUT2D eigenvalue weighted by Crippen LogP contribution is 2.29. The van der Waals surface area contributed by atoms with Crippen LogP contribution in [0, 0.1) is 27.7 Å². The van der Waals surface area contributed by atoms with Gasteiger partial charge in [-0.2, -0.15) is 0 Å². The summed E-state index contributed by atoms with van der Waals surface area (Å²) in [5.74, 6) is 0. The summed E-state index contributed by atoms with van der Waals surface area (Å²) in [6.45, 7) is 8.64. The van der Waals surface area contributed by atoms with Crippen molar-refractivity contribution in [3.8, 4) is 0 Å². The molecule has 0 aliphatic carbocycles. The number of aryl methyl sites for hydroxylation is 2. The lowest BCUT2D eigenvalue weighted by molar-refractivity contribution is 0.845. The van der Waals surface area contributed by atoms with E-state index < -0.39 is 0 Å². The molecule has 94 valence electrons. The van der Waals surface area contributed by atoms with Crippen molar-refractivity contribution in [3.05, 3.63) is 69.8 Å². The molecule has 1 nitrogen and oxygen atoms in total. The molecule has 0 aromatic heterocycles. The van der Waals surface area contributed by atoms with Crippen molar-refractivity contribution in [2.45, 2.75) is 33.7 Å². The fraction of sp³-hybridized carbons (Fsp3) is 0.294. The zero-order valence-corrected chi connectivity index (χ0v) is 11.6. The van der Waals surface area contributed by atoms with Gasteiger partial charge < -0.3 is 5.73 Å². The standard InChI is InChI=1S/C17H21N/c1-11-10-12(2)14(4)16(13(11)3)17(18)15-8-6-5-7-9-15/h5-10,17H,18H2,1-4H3. The quantitative estimate of drug-likeness (QED) is 0.843. The summed E-state index contributed by atoms with van der Waals surface area (Å²) in [4.78, 5) is 0. The first-order chi connectivity index (χ1) is 8.52. The molecule has 1 unspecified atom stereocenters. The fourth-order valence-electron chi connectivity index (χ4n) is 2.54. The maximum Gasteiger partial charge on any atom is 0.0557 e. The Morgan fingerprint density at radius 1 is 0.833 bits per heavy atom. The van der Waals surface area contributed by atoms with Gasteiger partial charge in [-0.3, -0.25) is 0 Å². The molecule has 0 spiro atoms. The van der Waals surface area contributed by atoms with E-state index in [0.29, 0.717) is 0 Å². The summed E-state index contributed by atoms with van der Waals surface area (Å²) in [6, 6.07) is 12.5. The summed E-state index contributed by atoms with van der Waals surface area (Å²) in [7, 11) is 0. The van der Waals surface area contributed by atoms with Crippen LogP contribution in [0.5, 0.6) is 0 Å². The summed E-state index contributed by atoms with van der Waals surface area (Å²) in [6.07, 6.45) is 0. The van der Waals surface area contributed by atoms with E-state index in [4.69, 9.17) is 5.73 Å². The van der Waals surface area contributed by atoms with E-state index in [1.807, 2.05) is 18.2 Å². The van der Waals surface area contributed by atoms with Crippen LogP contribution in [-0.2, 0) is 0 Å². The molecule has 0 radical (unpaired) electrons. The summed E-state index contributed by atoms with van der Waals surface area (Å²) in [5, 5.41) is 0. The monoisotopic (exact) mass is 239 g/mol. The molecular weight excluding hydrogens is 218 g/mol. The Labute approximate surface area is 110 Å². The molecule has 2 N–H and O–H groups in total. The molecule has 1 heteroatoms. The van der Waals surface area contributed by atoms with Gasteiger partial charge in [0.2, 0.25) is 0 Å². The van der Waals surface area contributed by atoms with E-state index >= 15 is 0 Å². The molecule has 0 bridgehead atoms. The SMILES string of the molecule is Cc1cc(C)c(C)c(C(N)c2ccccc2)c1C. The van der Waals surface area contributed by atoms with Crippen LogP contribution in [0.15, 0.2) is 36.4 Å². The third-order valence-electron chi connectivity index (χ3n) is 3.89. The molecule has 18 heavy (non-hydrogen) atoms. The number of nitrogens with two attached hydrogens (primary N) is 1. The zero-order chi connectivity index (χ0) is 13.3. The van der Waals surface area contributed by atoms with Gasteiger partial charge in [0.05, 0.1) is 6.04 Å². The molecule has 0 aliphatic rings. The molecule has 2 aromatic carbocycles. The summed E-state index contributed by atoms with van der Waals surface area (Å²) >= 11 is 0. The van der Waals surface area contributed by atoms with Crippen LogP contribution < -0.4 is 5.73 Å². The molecule has 0 fully saturated rings. The first kappa shape index (κ1) is 12.8. The van der Waals surface area contributed by atoms with E-state index in [9.17, 15) is 0 Å². The van der Waals surface area contributed by atoms with Crippen molar-refractivity contribution in [2.24, 2.45) is 5.73 Å². The normalized spacial score (nSPS) is 12.5. The van der Waals surface area contributed by atoms with E-state index in [0.717, 1.165) is 0 Å². The molecular formula is C17H21N. The van der Waals surface area contributed by atoms with Crippen LogP contribution in [0.4, 0.5) is 0 Å². The lowest BCUT2D eigenvalue weighted by Gasteiger charge is -2.21. The highest BCUT2D eigenvalue weighted by atomic mass is 14.6. The third-order valence-corrected chi connectivity index (χ3v) is 3.89. The van der Waals surface area contributed by atoms with Gasteiger partial charge in [-0.1, -0.05) is 36.4 Å². The van der Waals surface area contributed by atoms with Crippen LogP contribution in [-0.4, -0.2) is 0 Å². The summed E-state index contributed by atoms with van der Waals surface area (Å²) in [5.41, 5.74) is 14.2. The molecule has 0 heterocycles. The van der Waals surface area contributed by atoms with Gasteiger partial charge in [0.15, 0.2) is 0 Å². The average Bonchev–Trinajstić information content (AvgIpc) is 2.37. The number of hydrogen-bond acceptors (Lipinski definition) is 1. The Kier molecular flexibility index (Phi) is 3.53. The van der Waals surface area contributed by atoms with Crippen LogP contribution in [0.1, 0.15) is 39.4 Å². The Morgan fingerprint density at radius 2 is 1.33 bits per heavy atom. The fourth-order valence-corrected chi connectivity index (χ4v) is 2.54. The first-order valence-corrected chi connectivity index (χ1v) is 6.40. The molecule has 0 saturated heterocycles. The molecule has 0 amide bonds. The average molecular weight is 239 g/mol. The third kappa shape index (κ3) is 2.19. The highest BCUT2D eigenvalue weighted by molar-refractivity contribution is 5.48. The maximum absolute atomic E-state index is 6.46. The Bertz CT molecular complexity index is 529. The van der Waals surface area contributed by atoms with Crippen molar-refractivity contribution in [3.63, 3.8) is 0 Å². The predicted octanol–water partition coefficient (Wildman–Crippen LogP) is 3.97. The predicted molar refractivity (Wildman–Crippen MR) is 77.9 cm³/mol. The van der Waals surface area contributed by atoms with Gasteiger partial charge in [0, 0.05) is 0 Å². The Morgan fingerprint density at radius 3 is 1.83 bits per heavy atom. The molecule has 2 rings (SSSR count). The first-order valence-electron chi connectivity index (χ1n) is 6.40. The van der Waals surface area contributed by atoms with Crippen molar-refractivity contribution in [2.75, 3.05) is 0 Å².